The van der Waals surface area contributed by atoms with Crippen LogP contribution in [0, 0.1) is 5.92 Å². The molecule has 0 spiro atoms. The number of nitrogens with zero attached hydrogens (tertiary/aromatic N) is 2. The molecule has 16 heavy (non-hydrogen) atoms. The van der Waals surface area contributed by atoms with E-state index in [-0.39, 0.29) is 18.4 Å². The molecule has 0 aromatic heterocycles. The van der Waals surface area contributed by atoms with Crippen LogP contribution >= 0.6 is 0 Å². The lowest BCUT2D eigenvalue weighted by Crippen LogP contribution is -2.37. The SMILES string of the molecule is CC(CN1CCCN(CCO)CC1)C(N)=O. The molecule has 5 nitrogen and oxygen atoms in total. The summed E-state index contributed by atoms with van der Waals surface area (Å²) in [6.45, 7) is 7.56. The fraction of sp³-hybridized carbons (Fsp3) is 0.909. The lowest BCUT2D eigenvalue weighted by Gasteiger charge is -2.23. The highest BCUT2D eigenvalue weighted by Gasteiger charge is 2.18. The second-order valence-corrected chi connectivity index (χ2v) is 4.52. The summed E-state index contributed by atoms with van der Waals surface area (Å²) in [6.07, 6.45) is 1.09. The average molecular weight is 229 g/mol. The predicted molar refractivity (Wildman–Crippen MR) is 62.9 cm³/mol. The molecular formula is C11H23N3O2. The van der Waals surface area contributed by atoms with Gasteiger partial charge in [-0.3, -0.25) is 9.69 Å². The Hall–Kier alpha value is -0.650. The van der Waals surface area contributed by atoms with Crippen molar-refractivity contribution < 1.29 is 9.90 Å². The zero-order valence-electron chi connectivity index (χ0n) is 10.1. The molecule has 1 fully saturated rings. The monoisotopic (exact) mass is 229 g/mol. The van der Waals surface area contributed by atoms with Crippen molar-refractivity contribution in [2.24, 2.45) is 11.7 Å². The molecule has 1 aliphatic heterocycles. The van der Waals surface area contributed by atoms with Crippen LogP contribution in [0.3, 0.4) is 0 Å². The van der Waals surface area contributed by atoms with Gasteiger partial charge in [0.15, 0.2) is 0 Å². The van der Waals surface area contributed by atoms with Gasteiger partial charge in [-0.05, 0) is 19.5 Å². The molecule has 0 aliphatic carbocycles. The van der Waals surface area contributed by atoms with Crippen molar-refractivity contribution in [3.63, 3.8) is 0 Å². The van der Waals surface area contributed by atoms with Crippen LogP contribution in [0.1, 0.15) is 13.3 Å². The third kappa shape index (κ3) is 4.47. The van der Waals surface area contributed by atoms with E-state index < -0.39 is 0 Å². The number of hydrogen-bond donors (Lipinski definition) is 2. The molecular weight excluding hydrogens is 206 g/mol. The zero-order valence-corrected chi connectivity index (χ0v) is 10.1. The molecule has 5 heteroatoms. The normalized spacial score (nSPS) is 21.6. The van der Waals surface area contributed by atoms with Gasteiger partial charge in [0.25, 0.3) is 0 Å². The Morgan fingerprint density at radius 2 is 1.94 bits per heavy atom. The first-order valence-electron chi connectivity index (χ1n) is 5.98. The van der Waals surface area contributed by atoms with Crippen molar-refractivity contribution in [2.75, 3.05) is 45.9 Å². The van der Waals surface area contributed by atoms with E-state index >= 15 is 0 Å². The van der Waals surface area contributed by atoms with Gasteiger partial charge in [0.05, 0.1) is 6.61 Å². The molecule has 0 radical (unpaired) electrons. The quantitative estimate of drug-likeness (QED) is 0.641. The van der Waals surface area contributed by atoms with Gasteiger partial charge in [0, 0.05) is 32.1 Å². The van der Waals surface area contributed by atoms with Gasteiger partial charge in [0.1, 0.15) is 0 Å². The van der Waals surface area contributed by atoms with Gasteiger partial charge in [0.2, 0.25) is 5.91 Å². The number of β-amino-alcohol motifs (C(OH)–C–C–N with tert-alkyl or cyclic N) is 1. The minimum Gasteiger partial charge on any atom is -0.395 e. The smallest absolute Gasteiger partial charge is 0.221 e. The van der Waals surface area contributed by atoms with E-state index in [1.807, 2.05) is 6.92 Å². The number of rotatable bonds is 5. The van der Waals surface area contributed by atoms with Crippen LogP contribution in [0.25, 0.3) is 0 Å². The summed E-state index contributed by atoms with van der Waals surface area (Å²) >= 11 is 0. The lowest BCUT2D eigenvalue weighted by atomic mass is 10.1. The molecule has 0 aromatic carbocycles. The summed E-state index contributed by atoms with van der Waals surface area (Å²) in [6, 6.07) is 0. The molecule has 3 N–H and O–H groups in total. The average Bonchev–Trinajstić information content (AvgIpc) is 2.44. The van der Waals surface area contributed by atoms with Crippen LogP contribution in [0.15, 0.2) is 0 Å². The van der Waals surface area contributed by atoms with Gasteiger partial charge in [-0.1, -0.05) is 6.92 Å². The number of primary amides is 1. The summed E-state index contributed by atoms with van der Waals surface area (Å²) in [4.78, 5) is 15.5. The number of hydrogen-bond acceptors (Lipinski definition) is 4. The van der Waals surface area contributed by atoms with Crippen LogP contribution in [0.2, 0.25) is 0 Å². The van der Waals surface area contributed by atoms with Crippen LogP contribution in [-0.4, -0.2) is 66.7 Å². The number of aliphatic hydroxyl groups excluding tert-OH is 1. The van der Waals surface area contributed by atoms with E-state index in [2.05, 4.69) is 9.80 Å². The maximum absolute atomic E-state index is 11.0. The molecule has 1 heterocycles. The number of aliphatic hydroxyl groups is 1. The van der Waals surface area contributed by atoms with Crippen molar-refractivity contribution in [3.8, 4) is 0 Å². The second kappa shape index (κ2) is 6.83. The van der Waals surface area contributed by atoms with E-state index in [0.29, 0.717) is 0 Å². The Bertz CT molecular complexity index is 223. The summed E-state index contributed by atoms with van der Waals surface area (Å²) in [5.41, 5.74) is 5.26. The van der Waals surface area contributed by atoms with Gasteiger partial charge >= 0.3 is 0 Å². The van der Waals surface area contributed by atoms with Crippen LogP contribution in [-0.2, 0) is 4.79 Å². The molecule has 1 saturated heterocycles. The molecule has 1 aliphatic rings. The van der Waals surface area contributed by atoms with Gasteiger partial charge in [-0.25, -0.2) is 0 Å². The minimum atomic E-state index is -0.225. The molecule has 1 amide bonds. The Labute approximate surface area is 97.2 Å². The van der Waals surface area contributed by atoms with Crippen LogP contribution in [0.5, 0.6) is 0 Å². The topological polar surface area (TPSA) is 69.8 Å². The van der Waals surface area contributed by atoms with E-state index in [1.165, 1.54) is 0 Å². The third-order valence-electron chi connectivity index (χ3n) is 3.12. The molecule has 0 aromatic rings. The molecule has 1 unspecified atom stereocenters. The first kappa shape index (κ1) is 13.4. The lowest BCUT2D eigenvalue weighted by molar-refractivity contribution is -0.121. The highest BCUT2D eigenvalue weighted by Crippen LogP contribution is 2.05. The highest BCUT2D eigenvalue weighted by molar-refractivity contribution is 5.76. The van der Waals surface area contributed by atoms with Crippen LogP contribution in [0.4, 0.5) is 0 Å². The Morgan fingerprint density at radius 3 is 2.56 bits per heavy atom. The first-order chi connectivity index (χ1) is 7.63. The largest absolute Gasteiger partial charge is 0.395 e. The summed E-state index contributed by atoms with van der Waals surface area (Å²) in [7, 11) is 0. The molecule has 1 atom stereocenters. The van der Waals surface area contributed by atoms with Crippen molar-refractivity contribution in [3.05, 3.63) is 0 Å². The molecule has 0 bridgehead atoms. The van der Waals surface area contributed by atoms with Gasteiger partial charge in [-0.2, -0.15) is 0 Å². The summed E-state index contributed by atoms with van der Waals surface area (Å²) in [5.74, 6) is -0.305. The summed E-state index contributed by atoms with van der Waals surface area (Å²) in [5, 5.41) is 8.88. The first-order valence-corrected chi connectivity index (χ1v) is 5.98. The summed E-state index contributed by atoms with van der Waals surface area (Å²) < 4.78 is 0. The van der Waals surface area contributed by atoms with Crippen molar-refractivity contribution in [1.29, 1.82) is 0 Å². The third-order valence-corrected chi connectivity index (χ3v) is 3.12. The Morgan fingerprint density at radius 1 is 1.31 bits per heavy atom. The number of amides is 1. The maximum atomic E-state index is 11.0. The van der Waals surface area contributed by atoms with Gasteiger partial charge in [-0.15, -0.1) is 0 Å². The van der Waals surface area contributed by atoms with Crippen molar-refractivity contribution in [2.45, 2.75) is 13.3 Å². The van der Waals surface area contributed by atoms with E-state index in [9.17, 15) is 4.79 Å². The maximum Gasteiger partial charge on any atom is 0.221 e. The van der Waals surface area contributed by atoms with E-state index in [1.54, 1.807) is 0 Å². The van der Waals surface area contributed by atoms with Crippen molar-refractivity contribution >= 4 is 5.91 Å². The van der Waals surface area contributed by atoms with E-state index in [4.69, 9.17) is 10.8 Å². The Balaban J connectivity index is 2.32. The minimum absolute atomic E-state index is 0.0793. The number of carbonyl (C=O) groups excluding carboxylic acids is 1. The number of nitrogens with two attached hydrogens (primary N) is 1. The second-order valence-electron chi connectivity index (χ2n) is 4.52. The Kier molecular flexibility index (Phi) is 5.73. The predicted octanol–water partition coefficient (Wildman–Crippen LogP) is -0.892. The van der Waals surface area contributed by atoms with E-state index in [0.717, 1.165) is 45.7 Å². The van der Waals surface area contributed by atoms with Gasteiger partial charge < -0.3 is 15.7 Å². The highest BCUT2D eigenvalue weighted by atomic mass is 16.3. The van der Waals surface area contributed by atoms with Crippen molar-refractivity contribution in [1.82, 2.24) is 9.80 Å². The van der Waals surface area contributed by atoms with Crippen LogP contribution < -0.4 is 5.73 Å². The zero-order chi connectivity index (χ0) is 12.0. The fourth-order valence-corrected chi connectivity index (χ4v) is 2.05. The molecule has 94 valence electrons. The fourth-order valence-electron chi connectivity index (χ4n) is 2.05. The molecule has 1 rings (SSSR count). The standard InChI is InChI=1S/C11H23N3O2/c1-10(11(12)16)9-14-4-2-3-13(5-6-14)7-8-15/h10,15H,2-9H2,1H3,(H2,12,16). The number of carbonyl (C=O) groups is 1. The molecule has 0 saturated carbocycles.